The number of hydrogen-bond donors (Lipinski definition) is 3. The highest BCUT2D eigenvalue weighted by atomic mass is 16.5. The summed E-state index contributed by atoms with van der Waals surface area (Å²) in [4.78, 5) is 23.1. The van der Waals surface area contributed by atoms with Crippen LogP contribution >= 0.6 is 0 Å². The van der Waals surface area contributed by atoms with Crippen molar-refractivity contribution < 1.29 is 14.3 Å². The number of carbonyl (C=O) groups is 2. The van der Waals surface area contributed by atoms with E-state index >= 15 is 0 Å². The molecule has 0 bridgehead atoms. The summed E-state index contributed by atoms with van der Waals surface area (Å²) in [7, 11) is 1.79. The van der Waals surface area contributed by atoms with Crippen LogP contribution in [0.25, 0.3) is 0 Å². The Hall–Kier alpha value is -2.08. The lowest BCUT2D eigenvalue weighted by Crippen LogP contribution is -2.34. The van der Waals surface area contributed by atoms with Crippen LogP contribution in [0.15, 0.2) is 18.2 Å². The van der Waals surface area contributed by atoms with E-state index in [0.717, 1.165) is 0 Å². The molecule has 2 rings (SSSR count). The predicted octanol–water partition coefficient (Wildman–Crippen LogP) is 0.954. The van der Waals surface area contributed by atoms with Crippen LogP contribution in [0.5, 0.6) is 5.75 Å². The van der Waals surface area contributed by atoms with E-state index in [4.69, 9.17) is 4.74 Å². The number of rotatable bonds is 4. The molecule has 1 atom stereocenters. The molecule has 0 fully saturated rings. The molecule has 1 aliphatic heterocycles. The molecule has 0 radical (unpaired) electrons. The van der Waals surface area contributed by atoms with Crippen LogP contribution < -0.4 is 20.7 Å². The monoisotopic (exact) mass is 263 g/mol. The summed E-state index contributed by atoms with van der Waals surface area (Å²) >= 11 is 0. The summed E-state index contributed by atoms with van der Waals surface area (Å²) in [6.45, 7) is 2.31. The van der Waals surface area contributed by atoms with Gasteiger partial charge in [-0.1, -0.05) is 0 Å². The smallest absolute Gasteiger partial charge is 0.265 e. The molecule has 0 saturated heterocycles. The Morgan fingerprint density at radius 2 is 2.26 bits per heavy atom. The van der Waals surface area contributed by atoms with Crippen molar-refractivity contribution in [2.24, 2.45) is 0 Å². The van der Waals surface area contributed by atoms with Crippen molar-refractivity contribution in [1.82, 2.24) is 5.32 Å². The Labute approximate surface area is 111 Å². The third-order valence-corrected chi connectivity index (χ3v) is 2.80. The molecule has 1 aromatic rings. The van der Waals surface area contributed by atoms with Gasteiger partial charge < -0.3 is 20.7 Å². The molecule has 0 aliphatic carbocycles. The molecule has 1 aliphatic rings. The molecule has 6 heteroatoms. The molecule has 3 N–H and O–H groups in total. The Morgan fingerprint density at radius 1 is 1.47 bits per heavy atom. The van der Waals surface area contributed by atoms with Gasteiger partial charge in [-0.2, -0.15) is 0 Å². The maximum Gasteiger partial charge on any atom is 0.265 e. The summed E-state index contributed by atoms with van der Waals surface area (Å²) < 4.78 is 5.43. The standard InChI is InChI=1S/C13H17N3O3/c1-8-13(18)16-10-7-9(3-4-11(10)19-8)15-12(17)5-6-14-2/h3-4,7-8,14H,5-6H2,1-2H3,(H,15,17)(H,16,18). The predicted molar refractivity (Wildman–Crippen MR) is 72.3 cm³/mol. The lowest BCUT2D eigenvalue weighted by Gasteiger charge is -2.23. The zero-order chi connectivity index (χ0) is 13.8. The fourth-order valence-electron chi connectivity index (χ4n) is 1.75. The maximum absolute atomic E-state index is 11.6. The molecular weight excluding hydrogens is 246 g/mol. The number of hydrogen-bond acceptors (Lipinski definition) is 4. The first kappa shape index (κ1) is 13.4. The number of carbonyl (C=O) groups excluding carboxylic acids is 2. The molecular formula is C13H17N3O3. The maximum atomic E-state index is 11.6. The van der Waals surface area contributed by atoms with Gasteiger partial charge in [0.2, 0.25) is 5.91 Å². The third-order valence-electron chi connectivity index (χ3n) is 2.80. The van der Waals surface area contributed by atoms with E-state index in [1.165, 1.54) is 0 Å². The second kappa shape index (κ2) is 5.71. The van der Waals surface area contributed by atoms with Crippen LogP contribution in [-0.2, 0) is 9.59 Å². The topological polar surface area (TPSA) is 79.5 Å². The second-order valence-electron chi connectivity index (χ2n) is 4.36. The lowest BCUT2D eigenvalue weighted by molar-refractivity contribution is -0.122. The molecule has 1 heterocycles. The highest BCUT2D eigenvalue weighted by Gasteiger charge is 2.23. The Bertz CT molecular complexity index is 502. The zero-order valence-electron chi connectivity index (χ0n) is 10.9. The van der Waals surface area contributed by atoms with Gasteiger partial charge in [0.15, 0.2) is 6.10 Å². The molecule has 0 aromatic heterocycles. The molecule has 6 nitrogen and oxygen atoms in total. The second-order valence-corrected chi connectivity index (χ2v) is 4.36. The van der Waals surface area contributed by atoms with E-state index < -0.39 is 6.10 Å². The largest absolute Gasteiger partial charge is 0.479 e. The average molecular weight is 263 g/mol. The Kier molecular flexibility index (Phi) is 4.01. The summed E-state index contributed by atoms with van der Waals surface area (Å²) in [5.74, 6) is 0.345. The molecule has 102 valence electrons. The van der Waals surface area contributed by atoms with Gasteiger partial charge >= 0.3 is 0 Å². The van der Waals surface area contributed by atoms with Gasteiger partial charge in [0.05, 0.1) is 5.69 Å². The fraction of sp³-hybridized carbons (Fsp3) is 0.385. The van der Waals surface area contributed by atoms with Crippen molar-refractivity contribution in [2.75, 3.05) is 24.2 Å². The summed E-state index contributed by atoms with van der Waals surface area (Å²) in [5, 5.41) is 8.41. The molecule has 1 unspecified atom stereocenters. The number of amides is 2. The molecule has 19 heavy (non-hydrogen) atoms. The Morgan fingerprint density at radius 3 is 3.00 bits per heavy atom. The third kappa shape index (κ3) is 3.23. The van der Waals surface area contributed by atoms with Gasteiger partial charge in [0, 0.05) is 18.7 Å². The average Bonchev–Trinajstić information content (AvgIpc) is 2.38. The minimum Gasteiger partial charge on any atom is -0.479 e. The fourth-order valence-corrected chi connectivity index (χ4v) is 1.75. The number of ether oxygens (including phenoxy) is 1. The molecule has 0 spiro atoms. The number of anilines is 2. The summed E-state index contributed by atoms with van der Waals surface area (Å²) in [5.41, 5.74) is 1.22. The summed E-state index contributed by atoms with van der Waals surface area (Å²) in [6, 6.07) is 5.18. The molecule has 0 saturated carbocycles. The first-order valence-electron chi connectivity index (χ1n) is 6.16. The van der Waals surface area contributed by atoms with Gasteiger partial charge in [-0.15, -0.1) is 0 Å². The van der Waals surface area contributed by atoms with Crippen molar-refractivity contribution in [1.29, 1.82) is 0 Å². The van der Waals surface area contributed by atoms with Crippen molar-refractivity contribution in [2.45, 2.75) is 19.4 Å². The van der Waals surface area contributed by atoms with Crippen molar-refractivity contribution in [3.63, 3.8) is 0 Å². The van der Waals surface area contributed by atoms with Crippen LogP contribution in [0.2, 0.25) is 0 Å². The van der Waals surface area contributed by atoms with Gasteiger partial charge in [-0.25, -0.2) is 0 Å². The SMILES string of the molecule is CNCCC(=O)Nc1ccc2c(c1)NC(=O)C(C)O2. The van der Waals surface area contributed by atoms with Crippen molar-refractivity contribution >= 4 is 23.2 Å². The highest BCUT2D eigenvalue weighted by molar-refractivity contribution is 5.99. The van der Waals surface area contributed by atoms with Gasteiger partial charge in [-0.3, -0.25) is 9.59 Å². The lowest BCUT2D eigenvalue weighted by atomic mass is 10.2. The Balaban J connectivity index is 2.07. The first-order chi connectivity index (χ1) is 9.10. The van der Waals surface area contributed by atoms with Crippen LogP contribution in [-0.4, -0.2) is 31.5 Å². The minimum atomic E-state index is -0.497. The highest BCUT2D eigenvalue weighted by Crippen LogP contribution is 2.32. The first-order valence-corrected chi connectivity index (χ1v) is 6.16. The van der Waals surface area contributed by atoms with Crippen molar-refractivity contribution in [3.8, 4) is 5.75 Å². The van der Waals surface area contributed by atoms with E-state index in [2.05, 4.69) is 16.0 Å². The normalized spacial score (nSPS) is 17.2. The van der Waals surface area contributed by atoms with E-state index in [1.807, 2.05) is 0 Å². The van der Waals surface area contributed by atoms with E-state index in [9.17, 15) is 9.59 Å². The molecule has 1 aromatic carbocycles. The van der Waals surface area contributed by atoms with E-state index in [0.29, 0.717) is 30.1 Å². The number of nitrogens with one attached hydrogen (secondary N) is 3. The van der Waals surface area contributed by atoms with Crippen LogP contribution in [0.1, 0.15) is 13.3 Å². The summed E-state index contributed by atoms with van der Waals surface area (Å²) in [6.07, 6.45) is -0.100. The van der Waals surface area contributed by atoms with Crippen molar-refractivity contribution in [3.05, 3.63) is 18.2 Å². The number of fused-ring (bicyclic) bond motifs is 1. The number of benzene rings is 1. The molecule has 2 amide bonds. The van der Waals surface area contributed by atoms with Gasteiger partial charge in [0.25, 0.3) is 5.91 Å². The van der Waals surface area contributed by atoms with Crippen LogP contribution in [0.4, 0.5) is 11.4 Å². The van der Waals surface area contributed by atoms with Crippen LogP contribution in [0.3, 0.4) is 0 Å². The van der Waals surface area contributed by atoms with Gasteiger partial charge in [0.1, 0.15) is 5.75 Å². The zero-order valence-corrected chi connectivity index (χ0v) is 10.9. The van der Waals surface area contributed by atoms with E-state index in [-0.39, 0.29) is 11.8 Å². The minimum absolute atomic E-state index is 0.0780. The van der Waals surface area contributed by atoms with Crippen LogP contribution in [0, 0.1) is 0 Å². The van der Waals surface area contributed by atoms with Gasteiger partial charge in [-0.05, 0) is 32.2 Å². The quantitative estimate of drug-likeness (QED) is 0.755. The van der Waals surface area contributed by atoms with E-state index in [1.54, 1.807) is 32.2 Å².